The third-order valence-corrected chi connectivity index (χ3v) is 4.17. The molecule has 0 aliphatic carbocycles. The van der Waals surface area contributed by atoms with Gasteiger partial charge in [0.05, 0.1) is 12.4 Å². The molecule has 0 saturated heterocycles. The second-order valence-corrected chi connectivity index (χ2v) is 7.29. The number of esters is 1. The van der Waals surface area contributed by atoms with E-state index in [0.29, 0.717) is 0 Å². The summed E-state index contributed by atoms with van der Waals surface area (Å²) in [4.78, 5) is 10.9. The van der Waals surface area contributed by atoms with Crippen LogP contribution in [0.5, 0.6) is 0 Å². The smallest absolute Gasteiger partial charge is 0.460 e. The van der Waals surface area contributed by atoms with E-state index in [-0.39, 0.29) is 0 Å². The molecule has 0 radical (unpaired) electrons. The topological polar surface area (TPSA) is 80.7 Å². The average Bonchev–Trinajstić information content (AvgIpc) is 2.55. The first kappa shape index (κ1) is 30.3. The molecule has 0 heterocycles. The molecule has 1 N–H and O–H groups in total. The van der Waals surface area contributed by atoms with Crippen LogP contribution < -0.4 is 0 Å². The molecule has 192 valence electrons. The predicted octanol–water partition coefficient (Wildman–Crippen LogP) is 4.18. The van der Waals surface area contributed by atoms with Crippen LogP contribution in [-0.2, 0) is 19.6 Å². The number of hydrogen-bond acceptors (Lipinski definition) is 4. The highest BCUT2D eigenvalue weighted by molar-refractivity contribution is 7.85. The zero-order valence-electron chi connectivity index (χ0n) is 14.3. The maximum Gasteiger partial charge on any atom is 0.460 e. The Morgan fingerprint density at radius 2 is 1.00 bits per heavy atom. The van der Waals surface area contributed by atoms with E-state index in [9.17, 15) is 79.1 Å². The minimum absolute atomic E-state index is 1.19. The molecular weight excluding hydrogens is 529 g/mol. The van der Waals surface area contributed by atoms with Crippen LogP contribution in [0.1, 0.15) is 6.42 Å². The van der Waals surface area contributed by atoms with Crippen molar-refractivity contribution in [3.8, 4) is 0 Å². The lowest BCUT2D eigenvalue weighted by Gasteiger charge is -2.40. The molecule has 0 rings (SSSR count). The summed E-state index contributed by atoms with van der Waals surface area (Å²) in [5.74, 6) is -54.2. The van der Waals surface area contributed by atoms with Crippen LogP contribution in [0.3, 0.4) is 0 Å². The second-order valence-electron chi connectivity index (χ2n) is 5.72. The average molecular weight is 536 g/mol. The van der Waals surface area contributed by atoms with E-state index in [4.69, 9.17) is 4.55 Å². The van der Waals surface area contributed by atoms with Crippen LogP contribution in [0.25, 0.3) is 0 Å². The molecule has 0 fully saturated rings. The van der Waals surface area contributed by atoms with Gasteiger partial charge in [-0.2, -0.15) is 74.3 Å². The Morgan fingerprint density at radius 3 is 1.34 bits per heavy atom. The highest BCUT2D eigenvalue weighted by Gasteiger charge is 2.94. The summed E-state index contributed by atoms with van der Waals surface area (Å²) in [5, 5.41) is 0. The van der Waals surface area contributed by atoms with Crippen molar-refractivity contribution in [2.75, 3.05) is 12.4 Å². The van der Waals surface area contributed by atoms with Gasteiger partial charge in [-0.25, -0.2) is 4.79 Å². The Kier molecular flexibility index (Phi) is 7.84. The lowest BCUT2D eigenvalue weighted by molar-refractivity contribution is -0.450. The molecule has 0 aromatic rings. The van der Waals surface area contributed by atoms with Crippen molar-refractivity contribution in [1.82, 2.24) is 0 Å². The van der Waals surface area contributed by atoms with Crippen molar-refractivity contribution >= 4 is 16.1 Å². The first-order valence-electron chi connectivity index (χ1n) is 7.09. The Balaban J connectivity index is 6.12. The zero-order chi connectivity index (χ0) is 26.4. The minimum atomic E-state index is -8.54. The third kappa shape index (κ3) is 4.81. The molecule has 32 heavy (non-hydrogen) atoms. The fourth-order valence-corrected chi connectivity index (χ4v) is 2.07. The maximum absolute atomic E-state index is 13.4. The second kappa shape index (κ2) is 8.28. The molecule has 0 aliphatic heterocycles. The number of rotatable bonds is 10. The van der Waals surface area contributed by atoms with Gasteiger partial charge in [-0.1, -0.05) is 0 Å². The van der Waals surface area contributed by atoms with E-state index in [0.717, 1.165) is 0 Å². The molecule has 0 saturated carbocycles. The SMILES string of the molecule is O=C(OCCCS(=O)(=O)O)C(F)(F)C(F)(F)C(F)(F)C(F)(F)C(F)(F)C(F)(F)C(F)(F)F. The quantitative estimate of drug-likeness (QED) is 0.196. The summed E-state index contributed by atoms with van der Waals surface area (Å²) in [5.41, 5.74) is 0. The Hall–Kier alpha value is -1.67. The molecule has 0 amide bonds. The Morgan fingerprint density at radius 1 is 0.656 bits per heavy atom. The first-order valence-corrected chi connectivity index (χ1v) is 8.70. The molecule has 0 aromatic carbocycles. The molecule has 5 nitrogen and oxygen atoms in total. The molecule has 0 atom stereocenters. The van der Waals surface area contributed by atoms with Gasteiger partial charge in [-0.3, -0.25) is 4.55 Å². The molecule has 0 spiro atoms. The fraction of sp³-hybridized carbons (Fsp3) is 0.909. The number of carbonyl (C=O) groups excluding carboxylic acids is 1. The van der Waals surface area contributed by atoms with Gasteiger partial charge in [0.25, 0.3) is 10.1 Å². The van der Waals surface area contributed by atoms with Gasteiger partial charge >= 0.3 is 47.7 Å². The number of hydrogen-bond donors (Lipinski definition) is 1. The lowest BCUT2D eigenvalue weighted by atomic mass is 9.91. The van der Waals surface area contributed by atoms with Gasteiger partial charge in [0.15, 0.2) is 0 Å². The molecule has 0 unspecified atom stereocenters. The monoisotopic (exact) mass is 536 g/mol. The third-order valence-electron chi connectivity index (χ3n) is 3.36. The molecule has 21 heteroatoms. The first-order chi connectivity index (χ1) is 13.6. The van der Waals surface area contributed by atoms with Crippen molar-refractivity contribution in [1.29, 1.82) is 0 Å². The fourth-order valence-electron chi connectivity index (χ4n) is 1.59. The minimum Gasteiger partial charge on any atom is -0.461 e. The van der Waals surface area contributed by atoms with Gasteiger partial charge in [-0.15, -0.1) is 0 Å². The van der Waals surface area contributed by atoms with Gasteiger partial charge in [-0.05, 0) is 6.42 Å². The molecule has 0 aliphatic rings. The Bertz CT molecular complexity index is 801. The summed E-state index contributed by atoms with van der Waals surface area (Å²) in [6.45, 7) is -1.70. The zero-order valence-corrected chi connectivity index (χ0v) is 15.1. The van der Waals surface area contributed by atoms with Crippen molar-refractivity contribution in [3.63, 3.8) is 0 Å². The van der Waals surface area contributed by atoms with Gasteiger partial charge in [0.1, 0.15) is 0 Å². The van der Waals surface area contributed by atoms with E-state index >= 15 is 0 Å². The highest BCUT2D eigenvalue weighted by atomic mass is 32.2. The van der Waals surface area contributed by atoms with Crippen LogP contribution in [0.4, 0.5) is 65.9 Å². The van der Waals surface area contributed by atoms with Crippen LogP contribution in [0, 0.1) is 0 Å². The number of halogens is 15. The normalized spacial score (nSPS) is 15.6. The molecule has 0 aromatic heterocycles. The van der Waals surface area contributed by atoms with Crippen molar-refractivity contribution < 1.29 is 88.4 Å². The van der Waals surface area contributed by atoms with Crippen LogP contribution in [-0.4, -0.2) is 73.0 Å². The van der Waals surface area contributed by atoms with Crippen molar-refractivity contribution in [3.05, 3.63) is 0 Å². The van der Waals surface area contributed by atoms with Gasteiger partial charge < -0.3 is 4.74 Å². The largest absolute Gasteiger partial charge is 0.461 e. The van der Waals surface area contributed by atoms with Crippen LogP contribution in [0.15, 0.2) is 0 Å². The van der Waals surface area contributed by atoms with Gasteiger partial charge in [0.2, 0.25) is 0 Å². The van der Waals surface area contributed by atoms with Crippen LogP contribution in [0.2, 0.25) is 0 Å². The van der Waals surface area contributed by atoms with E-state index in [1.54, 1.807) is 0 Å². The summed E-state index contributed by atoms with van der Waals surface area (Å²) in [7, 11) is -4.86. The van der Waals surface area contributed by atoms with Gasteiger partial charge in [0, 0.05) is 0 Å². The number of alkyl halides is 15. The van der Waals surface area contributed by atoms with E-state index in [1.807, 2.05) is 0 Å². The van der Waals surface area contributed by atoms with Crippen molar-refractivity contribution in [2.24, 2.45) is 0 Å². The number of carbonyl (C=O) groups is 1. The van der Waals surface area contributed by atoms with E-state index in [1.165, 1.54) is 0 Å². The standard InChI is InChI=1S/C11H7F15O5S/c12-5(13,4(27)31-2-1-3-32(28,29)30)6(14,15)7(16,17)8(18,19)9(20,21)10(22,23)11(24,25)26/h1-3H2,(H,28,29,30). The van der Waals surface area contributed by atoms with E-state index in [2.05, 4.69) is 4.74 Å². The lowest BCUT2D eigenvalue weighted by Crippen LogP contribution is -2.73. The van der Waals surface area contributed by atoms with Crippen molar-refractivity contribution in [2.45, 2.75) is 48.1 Å². The molecule has 0 bridgehead atoms. The van der Waals surface area contributed by atoms with Crippen LogP contribution >= 0.6 is 0 Å². The summed E-state index contributed by atoms with van der Waals surface area (Å²) in [6.07, 6.45) is -8.94. The Labute approximate surface area is 166 Å². The number of ether oxygens (including phenoxy) is 1. The summed E-state index contributed by atoms with van der Waals surface area (Å²) < 4.78 is 225. The van der Waals surface area contributed by atoms with E-state index < -0.39 is 76.6 Å². The molecular formula is C11H7F15O5S. The highest BCUT2D eigenvalue weighted by Crippen LogP contribution is 2.62. The summed E-state index contributed by atoms with van der Waals surface area (Å²) in [6, 6.07) is 0. The maximum atomic E-state index is 13.4. The predicted molar refractivity (Wildman–Crippen MR) is 67.7 cm³/mol. The summed E-state index contributed by atoms with van der Waals surface area (Å²) >= 11 is 0.